The Morgan fingerprint density at radius 3 is 3.00 bits per heavy atom. The van der Waals surface area contributed by atoms with Gasteiger partial charge in [-0.1, -0.05) is 0 Å². The summed E-state index contributed by atoms with van der Waals surface area (Å²) >= 11 is 0. The summed E-state index contributed by atoms with van der Waals surface area (Å²) in [6, 6.07) is 2.84. The summed E-state index contributed by atoms with van der Waals surface area (Å²) in [6.07, 6.45) is 6.18. The highest BCUT2D eigenvalue weighted by molar-refractivity contribution is 5.77. The Kier molecular flexibility index (Phi) is 4.65. The molecule has 2 unspecified atom stereocenters. The number of hydrogen-bond donors (Lipinski definition) is 1. The van der Waals surface area contributed by atoms with Gasteiger partial charge >= 0.3 is 0 Å². The van der Waals surface area contributed by atoms with Gasteiger partial charge < -0.3 is 24.6 Å². The fourth-order valence-corrected chi connectivity index (χ4v) is 4.14. The summed E-state index contributed by atoms with van der Waals surface area (Å²) in [5.41, 5.74) is 1.30. The molecule has 4 heterocycles. The summed E-state index contributed by atoms with van der Waals surface area (Å²) in [5, 5.41) is 3.30. The molecule has 3 fully saturated rings. The van der Waals surface area contributed by atoms with Crippen LogP contribution in [0.2, 0.25) is 0 Å². The van der Waals surface area contributed by atoms with Crippen LogP contribution in [0.4, 0.5) is 5.82 Å². The van der Waals surface area contributed by atoms with E-state index in [-0.39, 0.29) is 11.9 Å². The molecular weight excluding hydrogens is 344 g/mol. The molecule has 7 nitrogen and oxygen atoms in total. The van der Waals surface area contributed by atoms with E-state index in [0.717, 1.165) is 31.2 Å². The Bertz CT molecular complexity index is 704. The predicted octanol–water partition coefficient (Wildman–Crippen LogP) is 1.14. The van der Waals surface area contributed by atoms with Crippen LogP contribution in [0.3, 0.4) is 0 Å². The molecule has 1 saturated carbocycles. The molecule has 0 spiro atoms. The van der Waals surface area contributed by atoms with Crippen LogP contribution in [0.5, 0.6) is 5.75 Å². The Hall–Kier alpha value is -1.86. The molecule has 2 saturated heterocycles. The Labute approximate surface area is 160 Å². The Morgan fingerprint density at radius 1 is 1.33 bits per heavy atom. The zero-order valence-corrected chi connectivity index (χ0v) is 15.7. The standard InChI is InChI=1S/C20H28N4O3/c25-19(4-8-26-12-16-3-5-21-16)23-6-7-24-17(11-23)13-27-18-9-15(14-1-2-14)10-22-20(18)24/h9-10,14,16-17,21H,1-8,11-13H2. The fourth-order valence-electron chi connectivity index (χ4n) is 4.14. The Morgan fingerprint density at radius 2 is 2.22 bits per heavy atom. The summed E-state index contributed by atoms with van der Waals surface area (Å²) in [7, 11) is 0. The van der Waals surface area contributed by atoms with Crippen molar-refractivity contribution in [1.29, 1.82) is 0 Å². The van der Waals surface area contributed by atoms with Gasteiger partial charge in [-0.05, 0) is 43.4 Å². The van der Waals surface area contributed by atoms with E-state index in [1.807, 2.05) is 11.1 Å². The van der Waals surface area contributed by atoms with Gasteiger partial charge in [-0.3, -0.25) is 4.79 Å². The first kappa shape index (κ1) is 17.3. The lowest BCUT2D eigenvalue weighted by Crippen LogP contribution is -2.58. The lowest BCUT2D eigenvalue weighted by atomic mass is 10.1. The van der Waals surface area contributed by atoms with Crippen molar-refractivity contribution in [3.05, 3.63) is 17.8 Å². The van der Waals surface area contributed by atoms with Crippen molar-refractivity contribution in [3.8, 4) is 5.75 Å². The van der Waals surface area contributed by atoms with Crippen LogP contribution in [0, 0.1) is 0 Å². The third-order valence-corrected chi connectivity index (χ3v) is 6.15. The molecule has 1 aromatic heterocycles. The number of aromatic nitrogens is 1. The number of carbonyl (C=O) groups is 1. The molecule has 0 radical (unpaired) electrons. The second-order valence-electron chi connectivity index (χ2n) is 8.13. The zero-order chi connectivity index (χ0) is 18.2. The number of nitrogens with one attached hydrogen (secondary N) is 1. The van der Waals surface area contributed by atoms with Crippen LogP contribution >= 0.6 is 0 Å². The smallest absolute Gasteiger partial charge is 0.225 e. The molecule has 2 atom stereocenters. The number of nitrogens with zero attached hydrogens (tertiary/aromatic N) is 3. The highest BCUT2D eigenvalue weighted by Gasteiger charge is 2.36. The van der Waals surface area contributed by atoms with E-state index < -0.39 is 0 Å². The normalized spacial score (nSPS) is 26.7. The molecule has 146 valence electrons. The van der Waals surface area contributed by atoms with E-state index in [4.69, 9.17) is 14.5 Å². The summed E-state index contributed by atoms with van der Waals surface area (Å²) in [6.45, 7) is 5.18. The maximum Gasteiger partial charge on any atom is 0.225 e. The van der Waals surface area contributed by atoms with Crippen molar-refractivity contribution in [1.82, 2.24) is 15.2 Å². The molecule has 5 rings (SSSR count). The highest BCUT2D eigenvalue weighted by atomic mass is 16.5. The van der Waals surface area contributed by atoms with Crippen molar-refractivity contribution in [3.63, 3.8) is 0 Å². The van der Waals surface area contributed by atoms with Crippen LogP contribution in [0.1, 0.15) is 37.2 Å². The van der Waals surface area contributed by atoms with Gasteiger partial charge in [0.2, 0.25) is 5.91 Å². The van der Waals surface area contributed by atoms with Crippen LogP contribution in [0.15, 0.2) is 12.3 Å². The largest absolute Gasteiger partial charge is 0.487 e. The van der Waals surface area contributed by atoms with E-state index in [9.17, 15) is 4.79 Å². The van der Waals surface area contributed by atoms with Crippen LogP contribution in [-0.2, 0) is 9.53 Å². The summed E-state index contributed by atoms with van der Waals surface area (Å²) in [5.74, 6) is 2.72. The minimum Gasteiger partial charge on any atom is -0.487 e. The summed E-state index contributed by atoms with van der Waals surface area (Å²) in [4.78, 5) is 21.5. The molecule has 0 bridgehead atoms. The van der Waals surface area contributed by atoms with Gasteiger partial charge in [0.15, 0.2) is 11.6 Å². The second-order valence-corrected chi connectivity index (χ2v) is 8.13. The quantitative estimate of drug-likeness (QED) is 0.756. The third-order valence-electron chi connectivity index (χ3n) is 6.15. The van der Waals surface area contributed by atoms with Crippen molar-refractivity contribution in [2.75, 3.05) is 50.9 Å². The van der Waals surface area contributed by atoms with Gasteiger partial charge in [0, 0.05) is 31.9 Å². The van der Waals surface area contributed by atoms with Crippen molar-refractivity contribution >= 4 is 11.7 Å². The minimum atomic E-state index is 0.180. The minimum absolute atomic E-state index is 0.180. The molecule has 1 aromatic rings. The van der Waals surface area contributed by atoms with Crippen molar-refractivity contribution in [2.24, 2.45) is 0 Å². The van der Waals surface area contributed by atoms with Crippen molar-refractivity contribution in [2.45, 2.75) is 43.7 Å². The molecule has 3 aliphatic heterocycles. The van der Waals surface area contributed by atoms with Gasteiger partial charge in [-0.2, -0.15) is 0 Å². The summed E-state index contributed by atoms with van der Waals surface area (Å²) < 4.78 is 11.6. The second kappa shape index (κ2) is 7.28. The van der Waals surface area contributed by atoms with E-state index in [1.54, 1.807) is 0 Å². The van der Waals surface area contributed by atoms with E-state index in [0.29, 0.717) is 44.7 Å². The maximum atomic E-state index is 12.5. The lowest BCUT2D eigenvalue weighted by molar-refractivity contribution is -0.133. The van der Waals surface area contributed by atoms with Gasteiger partial charge in [-0.15, -0.1) is 0 Å². The van der Waals surface area contributed by atoms with Crippen molar-refractivity contribution < 1.29 is 14.3 Å². The molecule has 1 amide bonds. The molecule has 1 N–H and O–H groups in total. The number of amides is 1. The van der Waals surface area contributed by atoms with Gasteiger partial charge in [0.25, 0.3) is 0 Å². The van der Waals surface area contributed by atoms with E-state index in [1.165, 1.54) is 24.8 Å². The number of hydrogen-bond acceptors (Lipinski definition) is 6. The van der Waals surface area contributed by atoms with E-state index >= 15 is 0 Å². The van der Waals surface area contributed by atoms with Crippen LogP contribution in [0.25, 0.3) is 0 Å². The molecule has 1 aliphatic carbocycles. The molecular formula is C20H28N4O3. The highest BCUT2D eigenvalue weighted by Crippen LogP contribution is 2.43. The SMILES string of the molecule is O=C(CCOCC1CCN1)N1CCN2c3ncc(C4CC4)cc3OCC2C1. The van der Waals surface area contributed by atoms with Crippen LogP contribution < -0.4 is 15.0 Å². The van der Waals surface area contributed by atoms with Gasteiger partial charge in [0.1, 0.15) is 6.61 Å². The Balaban J connectivity index is 1.14. The van der Waals surface area contributed by atoms with Gasteiger partial charge in [0.05, 0.1) is 25.7 Å². The zero-order valence-electron chi connectivity index (χ0n) is 15.7. The number of fused-ring (bicyclic) bond motifs is 3. The first-order chi connectivity index (χ1) is 13.3. The molecule has 7 heteroatoms. The molecule has 0 aromatic carbocycles. The van der Waals surface area contributed by atoms with E-state index in [2.05, 4.69) is 16.3 Å². The topological polar surface area (TPSA) is 66.9 Å². The van der Waals surface area contributed by atoms with Crippen LogP contribution in [-0.4, -0.2) is 73.9 Å². The first-order valence-electron chi connectivity index (χ1n) is 10.3. The third kappa shape index (κ3) is 3.62. The van der Waals surface area contributed by atoms with Gasteiger partial charge in [-0.25, -0.2) is 4.98 Å². The molecule has 4 aliphatic rings. The number of piperazine rings is 1. The average Bonchev–Trinajstić information content (AvgIpc) is 3.50. The monoisotopic (exact) mass is 372 g/mol. The maximum absolute atomic E-state index is 12.5. The fraction of sp³-hybridized carbons (Fsp3) is 0.700. The number of pyridine rings is 1. The molecule has 27 heavy (non-hydrogen) atoms. The first-order valence-corrected chi connectivity index (χ1v) is 10.3. The average molecular weight is 372 g/mol. The number of ether oxygens (including phenoxy) is 2. The number of rotatable bonds is 6. The number of carbonyl (C=O) groups excluding carboxylic acids is 1. The lowest BCUT2D eigenvalue weighted by Gasteiger charge is -2.44. The predicted molar refractivity (Wildman–Crippen MR) is 101 cm³/mol. The number of anilines is 1.